The number of benzene rings is 1. The Balaban J connectivity index is 1.80. The van der Waals surface area contributed by atoms with Gasteiger partial charge in [0.05, 0.1) is 0 Å². The third-order valence-corrected chi connectivity index (χ3v) is 4.23. The summed E-state index contributed by atoms with van der Waals surface area (Å²) < 4.78 is 0.816. The number of nitrogen functional groups attached to an aromatic ring is 1. The molecule has 1 aliphatic carbocycles. The molecule has 1 saturated carbocycles. The smallest absolute Gasteiger partial charge is 0.224 e. The Kier molecular flexibility index (Phi) is 4.64. The Labute approximate surface area is 116 Å². The monoisotopic (exact) mass is 310 g/mol. The minimum absolute atomic E-state index is 0.0959. The minimum atomic E-state index is 0.0959. The summed E-state index contributed by atoms with van der Waals surface area (Å²) in [5, 5.41) is 2.91. The lowest BCUT2D eigenvalue weighted by Crippen LogP contribution is -2.12. The average Bonchev–Trinajstić information content (AvgIpc) is 2.84. The first-order valence-corrected chi connectivity index (χ1v) is 7.29. The second kappa shape index (κ2) is 6.23. The summed E-state index contributed by atoms with van der Waals surface area (Å²) >= 11 is 3.35. The maximum atomic E-state index is 11.8. The Morgan fingerprint density at radius 3 is 2.78 bits per heavy atom. The van der Waals surface area contributed by atoms with Gasteiger partial charge in [-0.1, -0.05) is 25.7 Å². The third-order valence-electron chi connectivity index (χ3n) is 3.54. The molecule has 0 saturated heterocycles. The maximum Gasteiger partial charge on any atom is 0.224 e. The second-order valence-corrected chi connectivity index (χ2v) is 5.83. The first-order valence-electron chi connectivity index (χ1n) is 6.50. The molecular formula is C14H19BrN2O. The largest absolute Gasteiger partial charge is 0.398 e. The average molecular weight is 311 g/mol. The number of anilines is 2. The predicted molar refractivity (Wildman–Crippen MR) is 78.4 cm³/mol. The maximum absolute atomic E-state index is 11.8. The highest BCUT2D eigenvalue weighted by molar-refractivity contribution is 9.10. The molecule has 4 heteroatoms. The lowest BCUT2D eigenvalue weighted by atomic mass is 10.0. The van der Waals surface area contributed by atoms with Crippen molar-refractivity contribution in [1.29, 1.82) is 0 Å². The molecular weight excluding hydrogens is 292 g/mol. The van der Waals surface area contributed by atoms with Crippen LogP contribution in [0.1, 0.15) is 38.5 Å². The predicted octanol–water partition coefficient (Wildman–Crippen LogP) is 3.94. The number of nitrogens with two attached hydrogens (primary N) is 1. The fourth-order valence-corrected chi connectivity index (χ4v) is 2.84. The quantitative estimate of drug-likeness (QED) is 0.828. The van der Waals surface area contributed by atoms with Crippen molar-refractivity contribution >= 4 is 33.2 Å². The van der Waals surface area contributed by atoms with E-state index in [4.69, 9.17) is 5.73 Å². The molecule has 98 valence electrons. The first-order chi connectivity index (χ1) is 8.65. The van der Waals surface area contributed by atoms with Gasteiger partial charge in [0.1, 0.15) is 0 Å². The summed E-state index contributed by atoms with van der Waals surface area (Å²) in [4.78, 5) is 11.8. The zero-order chi connectivity index (χ0) is 13.0. The number of carbonyl (C=O) groups is 1. The normalized spacial score (nSPS) is 15.8. The fraction of sp³-hybridized carbons (Fsp3) is 0.500. The lowest BCUT2D eigenvalue weighted by molar-refractivity contribution is -0.116. The van der Waals surface area contributed by atoms with Gasteiger partial charge in [-0.15, -0.1) is 0 Å². The van der Waals surface area contributed by atoms with Gasteiger partial charge in [0.2, 0.25) is 5.91 Å². The summed E-state index contributed by atoms with van der Waals surface area (Å²) in [6.45, 7) is 0. The van der Waals surface area contributed by atoms with Crippen molar-refractivity contribution in [2.75, 3.05) is 11.1 Å². The molecule has 1 fully saturated rings. The van der Waals surface area contributed by atoms with Crippen LogP contribution in [0.25, 0.3) is 0 Å². The molecule has 0 unspecified atom stereocenters. The van der Waals surface area contributed by atoms with Crippen molar-refractivity contribution in [2.45, 2.75) is 38.5 Å². The van der Waals surface area contributed by atoms with E-state index in [9.17, 15) is 4.79 Å². The van der Waals surface area contributed by atoms with E-state index in [1.54, 1.807) is 6.07 Å². The molecule has 3 N–H and O–H groups in total. The summed E-state index contributed by atoms with van der Waals surface area (Å²) in [7, 11) is 0. The van der Waals surface area contributed by atoms with Gasteiger partial charge in [0.25, 0.3) is 0 Å². The van der Waals surface area contributed by atoms with Gasteiger partial charge in [-0.25, -0.2) is 0 Å². The van der Waals surface area contributed by atoms with Crippen LogP contribution >= 0.6 is 15.9 Å². The molecule has 0 bridgehead atoms. The van der Waals surface area contributed by atoms with E-state index in [2.05, 4.69) is 21.2 Å². The highest BCUT2D eigenvalue weighted by atomic mass is 79.9. The Bertz CT molecular complexity index is 428. The Morgan fingerprint density at radius 1 is 1.39 bits per heavy atom. The molecule has 0 aliphatic heterocycles. The number of halogens is 1. The Morgan fingerprint density at radius 2 is 2.11 bits per heavy atom. The minimum Gasteiger partial charge on any atom is -0.398 e. The van der Waals surface area contributed by atoms with Crippen molar-refractivity contribution in [3.05, 3.63) is 22.7 Å². The SMILES string of the molecule is Nc1ccc(NC(=O)CCC2CCCC2)cc1Br. The molecule has 3 nitrogen and oxygen atoms in total. The van der Waals surface area contributed by atoms with Crippen LogP contribution in [0, 0.1) is 5.92 Å². The number of amides is 1. The van der Waals surface area contributed by atoms with E-state index in [0.717, 1.165) is 22.5 Å². The van der Waals surface area contributed by atoms with Crippen LogP contribution in [0.3, 0.4) is 0 Å². The highest BCUT2D eigenvalue weighted by Crippen LogP contribution is 2.29. The van der Waals surface area contributed by atoms with E-state index in [1.165, 1.54) is 25.7 Å². The van der Waals surface area contributed by atoms with Gasteiger partial charge in [-0.2, -0.15) is 0 Å². The van der Waals surface area contributed by atoms with Gasteiger partial charge in [-0.3, -0.25) is 4.79 Å². The Hall–Kier alpha value is -1.03. The van der Waals surface area contributed by atoms with Crippen LogP contribution in [-0.2, 0) is 4.79 Å². The van der Waals surface area contributed by atoms with Crippen molar-refractivity contribution < 1.29 is 4.79 Å². The van der Waals surface area contributed by atoms with Crippen LogP contribution in [0.15, 0.2) is 22.7 Å². The van der Waals surface area contributed by atoms with E-state index in [1.807, 2.05) is 12.1 Å². The van der Waals surface area contributed by atoms with Crippen molar-refractivity contribution in [3.8, 4) is 0 Å². The van der Waals surface area contributed by atoms with Crippen LogP contribution in [-0.4, -0.2) is 5.91 Å². The van der Waals surface area contributed by atoms with Crippen molar-refractivity contribution in [1.82, 2.24) is 0 Å². The van der Waals surface area contributed by atoms with Crippen LogP contribution < -0.4 is 11.1 Å². The van der Waals surface area contributed by atoms with Crippen molar-refractivity contribution in [2.24, 2.45) is 5.92 Å². The van der Waals surface area contributed by atoms with Crippen LogP contribution in [0.5, 0.6) is 0 Å². The fourth-order valence-electron chi connectivity index (χ4n) is 2.46. The van der Waals surface area contributed by atoms with Gasteiger partial charge in [-0.05, 0) is 46.5 Å². The lowest BCUT2D eigenvalue weighted by Gasteiger charge is -2.09. The van der Waals surface area contributed by atoms with Gasteiger partial charge in [0.15, 0.2) is 0 Å². The van der Waals surface area contributed by atoms with Gasteiger partial charge in [0, 0.05) is 22.3 Å². The molecule has 1 aromatic rings. The third kappa shape index (κ3) is 3.73. The standard InChI is InChI=1S/C14H19BrN2O/c15-12-9-11(6-7-13(12)16)17-14(18)8-5-10-3-1-2-4-10/h6-7,9-10H,1-5,8,16H2,(H,17,18). The molecule has 2 rings (SSSR count). The van der Waals surface area contributed by atoms with E-state index < -0.39 is 0 Å². The second-order valence-electron chi connectivity index (χ2n) is 4.97. The molecule has 18 heavy (non-hydrogen) atoms. The molecule has 0 spiro atoms. The number of nitrogens with one attached hydrogen (secondary N) is 1. The first kappa shape index (κ1) is 13.4. The number of hydrogen-bond donors (Lipinski definition) is 2. The molecule has 0 radical (unpaired) electrons. The van der Waals surface area contributed by atoms with E-state index >= 15 is 0 Å². The zero-order valence-electron chi connectivity index (χ0n) is 10.4. The molecule has 1 amide bonds. The molecule has 0 aromatic heterocycles. The van der Waals surface area contributed by atoms with Gasteiger partial charge >= 0.3 is 0 Å². The van der Waals surface area contributed by atoms with Crippen molar-refractivity contribution in [3.63, 3.8) is 0 Å². The highest BCUT2D eigenvalue weighted by Gasteiger charge is 2.16. The molecule has 1 aromatic carbocycles. The summed E-state index contributed by atoms with van der Waals surface area (Å²) in [5.41, 5.74) is 7.18. The summed E-state index contributed by atoms with van der Waals surface area (Å²) in [6.07, 6.45) is 6.88. The zero-order valence-corrected chi connectivity index (χ0v) is 12.0. The van der Waals surface area contributed by atoms with Crippen LogP contribution in [0.4, 0.5) is 11.4 Å². The topological polar surface area (TPSA) is 55.1 Å². The summed E-state index contributed by atoms with van der Waals surface area (Å²) in [5.74, 6) is 0.854. The molecule has 1 aliphatic rings. The van der Waals surface area contributed by atoms with E-state index in [-0.39, 0.29) is 5.91 Å². The number of hydrogen-bond acceptors (Lipinski definition) is 2. The molecule has 0 heterocycles. The van der Waals surface area contributed by atoms with Crippen LogP contribution in [0.2, 0.25) is 0 Å². The number of carbonyl (C=O) groups excluding carboxylic acids is 1. The molecule has 0 atom stereocenters. The van der Waals surface area contributed by atoms with E-state index in [0.29, 0.717) is 12.1 Å². The summed E-state index contributed by atoms with van der Waals surface area (Å²) in [6, 6.07) is 5.45. The number of rotatable bonds is 4. The van der Waals surface area contributed by atoms with Gasteiger partial charge < -0.3 is 11.1 Å².